The first-order valence-corrected chi connectivity index (χ1v) is 6.27. The third kappa shape index (κ3) is 2.99. The van der Waals surface area contributed by atoms with Crippen LogP contribution in [0.1, 0.15) is 31.7 Å². The highest BCUT2D eigenvalue weighted by Gasteiger charge is 2.24. The molecule has 2 atom stereocenters. The molecule has 2 rings (SSSR count). The summed E-state index contributed by atoms with van der Waals surface area (Å²) in [5.74, 6) is 1.40. The smallest absolute Gasteiger partial charge is 0.122 e. The van der Waals surface area contributed by atoms with Crippen molar-refractivity contribution in [2.45, 2.75) is 31.8 Å². The van der Waals surface area contributed by atoms with Gasteiger partial charge in [0.15, 0.2) is 0 Å². The van der Waals surface area contributed by atoms with Crippen LogP contribution in [0.2, 0.25) is 0 Å². The maximum atomic E-state index is 9.90. The van der Waals surface area contributed by atoms with E-state index >= 15 is 0 Å². The lowest BCUT2D eigenvalue weighted by molar-refractivity contribution is 0.0554. The third-order valence-electron chi connectivity index (χ3n) is 3.46. The molecule has 0 saturated carbocycles. The second-order valence-electron chi connectivity index (χ2n) is 5.03. The summed E-state index contributed by atoms with van der Waals surface area (Å²) >= 11 is 0. The van der Waals surface area contributed by atoms with E-state index in [1.54, 1.807) is 0 Å². The van der Waals surface area contributed by atoms with Gasteiger partial charge in [-0.15, -0.1) is 0 Å². The van der Waals surface area contributed by atoms with Crippen molar-refractivity contribution in [3.8, 4) is 5.75 Å². The quantitative estimate of drug-likeness (QED) is 0.819. The molecule has 1 aliphatic heterocycles. The molecule has 0 bridgehead atoms. The number of hydrogen-bond acceptors (Lipinski definition) is 3. The molecule has 0 amide bonds. The van der Waals surface area contributed by atoms with Gasteiger partial charge in [0.25, 0.3) is 0 Å². The fraction of sp³-hybridized carbons (Fsp3) is 0.571. The highest BCUT2D eigenvalue weighted by atomic mass is 16.5. The summed E-state index contributed by atoms with van der Waals surface area (Å²) in [5, 5.41) is 13.2. The zero-order valence-corrected chi connectivity index (χ0v) is 10.6. The number of nitrogens with one attached hydrogen (secondary N) is 1. The first-order chi connectivity index (χ1) is 8.12. The van der Waals surface area contributed by atoms with Gasteiger partial charge in [0, 0.05) is 24.6 Å². The van der Waals surface area contributed by atoms with Crippen molar-refractivity contribution in [1.82, 2.24) is 5.32 Å². The van der Waals surface area contributed by atoms with Crippen LogP contribution in [0.25, 0.3) is 0 Å². The number of hydrogen-bond donors (Lipinski definition) is 2. The summed E-state index contributed by atoms with van der Waals surface area (Å²) in [6.45, 7) is 6.07. The zero-order valence-electron chi connectivity index (χ0n) is 10.6. The fourth-order valence-electron chi connectivity index (χ4n) is 2.04. The van der Waals surface area contributed by atoms with Gasteiger partial charge >= 0.3 is 0 Å². The number of ether oxygens (including phenoxy) is 1. The third-order valence-corrected chi connectivity index (χ3v) is 3.46. The van der Waals surface area contributed by atoms with Crippen molar-refractivity contribution in [2.75, 3.05) is 19.7 Å². The van der Waals surface area contributed by atoms with Crippen molar-refractivity contribution in [3.05, 3.63) is 29.8 Å². The van der Waals surface area contributed by atoms with Crippen molar-refractivity contribution in [2.24, 2.45) is 0 Å². The fourth-order valence-corrected chi connectivity index (χ4v) is 2.04. The minimum absolute atomic E-state index is 0.402. The molecule has 0 spiro atoms. The van der Waals surface area contributed by atoms with Gasteiger partial charge in [0.1, 0.15) is 5.75 Å². The lowest BCUT2D eigenvalue weighted by Crippen LogP contribution is -2.38. The van der Waals surface area contributed by atoms with Crippen LogP contribution in [0.15, 0.2) is 24.3 Å². The molecule has 1 aromatic carbocycles. The van der Waals surface area contributed by atoms with Gasteiger partial charge in [-0.3, -0.25) is 0 Å². The predicted molar refractivity (Wildman–Crippen MR) is 68.5 cm³/mol. The van der Waals surface area contributed by atoms with Crippen LogP contribution in [-0.4, -0.2) is 30.4 Å². The number of rotatable bonds is 5. The maximum absolute atomic E-state index is 9.90. The molecule has 0 radical (unpaired) electrons. The van der Waals surface area contributed by atoms with Crippen LogP contribution < -0.4 is 10.1 Å². The van der Waals surface area contributed by atoms with E-state index in [0.29, 0.717) is 12.5 Å². The van der Waals surface area contributed by atoms with Crippen LogP contribution in [0.4, 0.5) is 0 Å². The number of aliphatic hydroxyl groups is 1. The van der Waals surface area contributed by atoms with Gasteiger partial charge < -0.3 is 15.2 Å². The molecule has 0 fully saturated rings. The molecule has 17 heavy (non-hydrogen) atoms. The first kappa shape index (κ1) is 12.4. The van der Waals surface area contributed by atoms with E-state index in [9.17, 15) is 5.11 Å². The lowest BCUT2D eigenvalue weighted by atomic mass is 10.00. The topological polar surface area (TPSA) is 41.5 Å². The van der Waals surface area contributed by atoms with Gasteiger partial charge in [0.05, 0.1) is 12.2 Å². The summed E-state index contributed by atoms with van der Waals surface area (Å²) in [6, 6.07) is 8.17. The van der Waals surface area contributed by atoms with Crippen LogP contribution in [-0.2, 0) is 0 Å². The minimum Gasteiger partial charge on any atom is -0.493 e. The predicted octanol–water partition coefficient (Wildman–Crippen LogP) is 1.91. The number of benzene rings is 1. The Hall–Kier alpha value is -1.06. The Kier molecular flexibility index (Phi) is 3.69. The Morgan fingerprint density at radius 1 is 1.47 bits per heavy atom. The van der Waals surface area contributed by atoms with Gasteiger partial charge in [-0.05, 0) is 19.4 Å². The standard InChI is InChI=1S/C14H21NO2/c1-3-14(2,16)10-15-8-11-9-17-13-7-5-4-6-12(11)13/h4-7,11,15-16H,3,8-10H2,1-2H3. The Labute approximate surface area is 103 Å². The first-order valence-electron chi connectivity index (χ1n) is 6.27. The largest absolute Gasteiger partial charge is 0.493 e. The van der Waals surface area contributed by atoms with Crippen molar-refractivity contribution in [1.29, 1.82) is 0 Å². The van der Waals surface area contributed by atoms with E-state index in [4.69, 9.17) is 4.74 Å². The van der Waals surface area contributed by atoms with E-state index in [0.717, 1.165) is 25.3 Å². The summed E-state index contributed by atoms with van der Waals surface area (Å²) in [6.07, 6.45) is 0.762. The SMILES string of the molecule is CCC(C)(O)CNCC1COc2ccccc21. The molecule has 0 saturated heterocycles. The number of fused-ring (bicyclic) bond motifs is 1. The van der Waals surface area contributed by atoms with Crippen LogP contribution >= 0.6 is 0 Å². The van der Waals surface area contributed by atoms with Gasteiger partial charge in [-0.1, -0.05) is 25.1 Å². The van der Waals surface area contributed by atoms with Crippen molar-refractivity contribution >= 4 is 0 Å². The molecule has 1 aliphatic rings. The molecule has 1 aromatic rings. The van der Waals surface area contributed by atoms with E-state index in [2.05, 4.69) is 11.4 Å². The van der Waals surface area contributed by atoms with Crippen molar-refractivity contribution < 1.29 is 9.84 Å². The maximum Gasteiger partial charge on any atom is 0.122 e. The van der Waals surface area contributed by atoms with Crippen LogP contribution in [0.3, 0.4) is 0 Å². The Bertz CT molecular complexity index is 376. The molecule has 0 aromatic heterocycles. The average molecular weight is 235 g/mol. The molecule has 94 valence electrons. The van der Waals surface area contributed by atoms with E-state index in [1.165, 1.54) is 5.56 Å². The van der Waals surface area contributed by atoms with E-state index in [1.807, 2.05) is 32.0 Å². The molecule has 2 unspecified atom stereocenters. The lowest BCUT2D eigenvalue weighted by Gasteiger charge is -2.22. The molecule has 3 heteroatoms. The van der Waals surface area contributed by atoms with E-state index < -0.39 is 5.60 Å². The normalized spacial score (nSPS) is 21.7. The monoisotopic (exact) mass is 235 g/mol. The summed E-state index contributed by atoms with van der Waals surface area (Å²) < 4.78 is 5.62. The molecule has 1 heterocycles. The van der Waals surface area contributed by atoms with Gasteiger partial charge in [-0.2, -0.15) is 0 Å². The second-order valence-corrected chi connectivity index (χ2v) is 5.03. The van der Waals surface area contributed by atoms with Crippen LogP contribution in [0.5, 0.6) is 5.75 Å². The molecular weight excluding hydrogens is 214 g/mol. The average Bonchev–Trinajstić information content (AvgIpc) is 2.73. The van der Waals surface area contributed by atoms with E-state index in [-0.39, 0.29) is 0 Å². The Balaban J connectivity index is 1.86. The number of para-hydroxylation sites is 1. The van der Waals surface area contributed by atoms with Crippen LogP contribution in [0, 0.1) is 0 Å². The molecule has 2 N–H and O–H groups in total. The zero-order chi connectivity index (χ0) is 12.3. The second kappa shape index (κ2) is 5.07. The summed E-state index contributed by atoms with van der Waals surface area (Å²) in [5.41, 5.74) is 0.662. The van der Waals surface area contributed by atoms with Crippen molar-refractivity contribution in [3.63, 3.8) is 0 Å². The van der Waals surface area contributed by atoms with Gasteiger partial charge in [-0.25, -0.2) is 0 Å². The summed E-state index contributed by atoms with van der Waals surface area (Å²) in [4.78, 5) is 0. The molecule has 3 nitrogen and oxygen atoms in total. The minimum atomic E-state index is -0.612. The highest BCUT2D eigenvalue weighted by Crippen LogP contribution is 2.32. The molecular formula is C14H21NO2. The Morgan fingerprint density at radius 3 is 3.00 bits per heavy atom. The Morgan fingerprint density at radius 2 is 2.24 bits per heavy atom. The molecule has 0 aliphatic carbocycles. The highest BCUT2D eigenvalue weighted by molar-refractivity contribution is 5.39. The van der Waals surface area contributed by atoms with Gasteiger partial charge in [0.2, 0.25) is 0 Å². The summed E-state index contributed by atoms with van der Waals surface area (Å²) in [7, 11) is 0.